The average Bonchev–Trinajstić information content (AvgIpc) is 3.33. The van der Waals surface area contributed by atoms with Crippen molar-refractivity contribution in [2.24, 2.45) is 0 Å². The Morgan fingerprint density at radius 2 is 1.78 bits per heavy atom. The van der Waals surface area contributed by atoms with Gasteiger partial charge < -0.3 is 9.30 Å². The van der Waals surface area contributed by atoms with Crippen LogP contribution >= 0.6 is 11.6 Å². The van der Waals surface area contributed by atoms with Gasteiger partial charge in [-0.1, -0.05) is 11.6 Å². The molecule has 0 radical (unpaired) electrons. The van der Waals surface area contributed by atoms with Gasteiger partial charge in [-0.15, -0.1) is 13.2 Å². The van der Waals surface area contributed by atoms with Crippen LogP contribution in [-0.4, -0.2) is 25.0 Å². The summed E-state index contributed by atoms with van der Waals surface area (Å²) >= 11 is 6.20. The lowest BCUT2D eigenvalue weighted by atomic mass is 10.2. The Morgan fingerprint density at radius 3 is 2.51 bits per heavy atom. The maximum absolute atomic E-state index is 13.7. The predicted octanol–water partition coefficient (Wildman–Crippen LogP) is 6.05. The molecule has 0 fully saturated rings. The zero-order valence-electron chi connectivity index (χ0n) is 19.2. The summed E-state index contributed by atoms with van der Waals surface area (Å²) in [5, 5.41) is 10.5. The SMILES string of the molecule is N#CCCCn1c(Cn2c(=O)n(-c3ccc(OC(F)(F)F)cc3)c3ccncc32)cc2cc(Cl)ccc21. The smallest absolute Gasteiger partial charge is 0.406 e. The average molecular weight is 526 g/mol. The molecule has 2 aromatic carbocycles. The van der Waals surface area contributed by atoms with Crippen LogP contribution in [0.1, 0.15) is 18.5 Å². The second-order valence-corrected chi connectivity index (χ2v) is 8.80. The maximum atomic E-state index is 13.7. The number of aryl methyl sites for hydroxylation is 1. The fourth-order valence-corrected chi connectivity index (χ4v) is 4.65. The highest BCUT2D eigenvalue weighted by Gasteiger charge is 2.31. The number of ether oxygens (including phenoxy) is 1. The van der Waals surface area contributed by atoms with Crippen molar-refractivity contribution in [3.63, 3.8) is 0 Å². The van der Waals surface area contributed by atoms with Crippen LogP contribution in [0, 0.1) is 11.3 Å². The molecule has 0 aliphatic rings. The Bertz CT molecular complexity index is 1690. The van der Waals surface area contributed by atoms with Gasteiger partial charge in [-0.05, 0) is 61.0 Å². The van der Waals surface area contributed by atoms with Crippen molar-refractivity contribution in [1.82, 2.24) is 18.7 Å². The monoisotopic (exact) mass is 525 g/mol. The van der Waals surface area contributed by atoms with Crippen molar-refractivity contribution in [2.45, 2.75) is 32.3 Å². The summed E-state index contributed by atoms with van der Waals surface area (Å²) in [5.41, 5.74) is 2.91. The molecule has 0 aliphatic heterocycles. The van der Waals surface area contributed by atoms with E-state index in [0.29, 0.717) is 41.1 Å². The molecule has 0 saturated heterocycles. The molecule has 188 valence electrons. The number of fused-ring (bicyclic) bond motifs is 2. The number of pyridine rings is 1. The fraction of sp³-hybridized carbons (Fsp3) is 0.192. The van der Waals surface area contributed by atoms with Crippen LogP contribution in [0.25, 0.3) is 27.6 Å². The van der Waals surface area contributed by atoms with Crippen LogP contribution in [0.15, 0.2) is 71.8 Å². The van der Waals surface area contributed by atoms with Crippen molar-refractivity contribution < 1.29 is 17.9 Å². The lowest BCUT2D eigenvalue weighted by Gasteiger charge is -2.11. The van der Waals surface area contributed by atoms with Gasteiger partial charge in [0.1, 0.15) is 5.75 Å². The lowest BCUT2D eigenvalue weighted by Crippen LogP contribution is -2.24. The summed E-state index contributed by atoms with van der Waals surface area (Å²) in [5.74, 6) is -0.379. The predicted molar refractivity (Wildman–Crippen MR) is 133 cm³/mol. The molecule has 5 rings (SSSR count). The zero-order chi connectivity index (χ0) is 26.2. The Balaban J connectivity index is 1.60. The number of aromatic nitrogens is 4. The van der Waals surface area contributed by atoms with E-state index >= 15 is 0 Å². The van der Waals surface area contributed by atoms with Crippen molar-refractivity contribution in [3.05, 3.63) is 88.2 Å². The number of alkyl halides is 3. The van der Waals surface area contributed by atoms with Gasteiger partial charge in [-0.2, -0.15) is 5.26 Å². The minimum absolute atomic E-state index is 0.210. The van der Waals surface area contributed by atoms with Gasteiger partial charge >= 0.3 is 12.1 Å². The number of hydrogen-bond donors (Lipinski definition) is 0. The first-order valence-electron chi connectivity index (χ1n) is 11.3. The Kier molecular flexibility index (Phi) is 6.39. The molecular formula is C26H19ClF3N5O2. The normalized spacial score (nSPS) is 11.8. The summed E-state index contributed by atoms with van der Waals surface area (Å²) in [6.45, 7) is 0.794. The van der Waals surface area contributed by atoms with Gasteiger partial charge in [-0.25, -0.2) is 4.79 Å². The maximum Gasteiger partial charge on any atom is 0.573 e. The van der Waals surface area contributed by atoms with Crippen molar-refractivity contribution in [1.29, 1.82) is 5.26 Å². The number of nitriles is 1. The summed E-state index contributed by atoms with van der Waals surface area (Å²) in [6, 6.07) is 16.5. The van der Waals surface area contributed by atoms with Crippen LogP contribution in [0.5, 0.6) is 5.75 Å². The number of hydrogen-bond acceptors (Lipinski definition) is 4. The van der Waals surface area contributed by atoms with Crippen molar-refractivity contribution in [2.75, 3.05) is 0 Å². The molecule has 0 atom stereocenters. The first-order chi connectivity index (χ1) is 17.7. The van der Waals surface area contributed by atoms with E-state index in [2.05, 4.69) is 20.4 Å². The first kappa shape index (κ1) is 24.5. The van der Waals surface area contributed by atoms with Crippen LogP contribution < -0.4 is 10.4 Å². The molecule has 0 bridgehead atoms. The molecule has 0 saturated carbocycles. The van der Waals surface area contributed by atoms with E-state index in [4.69, 9.17) is 16.9 Å². The highest BCUT2D eigenvalue weighted by molar-refractivity contribution is 6.31. The van der Waals surface area contributed by atoms with Gasteiger partial charge in [0.15, 0.2) is 0 Å². The summed E-state index contributed by atoms with van der Waals surface area (Å²) in [7, 11) is 0. The number of unbranched alkanes of at least 4 members (excludes halogenated alkanes) is 1. The third-order valence-electron chi connectivity index (χ3n) is 6.00. The van der Waals surface area contributed by atoms with Crippen molar-refractivity contribution in [3.8, 4) is 17.5 Å². The van der Waals surface area contributed by atoms with Crippen LogP contribution in [-0.2, 0) is 13.1 Å². The largest absolute Gasteiger partial charge is 0.573 e. The molecule has 0 amide bonds. The molecule has 3 heterocycles. The molecule has 0 spiro atoms. The van der Waals surface area contributed by atoms with Gasteiger partial charge in [0.25, 0.3) is 0 Å². The number of imidazole rings is 1. The quantitative estimate of drug-likeness (QED) is 0.242. The van der Waals surface area contributed by atoms with Gasteiger partial charge in [0.2, 0.25) is 0 Å². The van der Waals surface area contributed by atoms with E-state index in [9.17, 15) is 18.0 Å². The number of rotatable bonds is 7. The molecule has 5 aromatic rings. The molecule has 0 N–H and O–H groups in total. The van der Waals surface area contributed by atoms with Crippen LogP contribution in [0.2, 0.25) is 5.02 Å². The van der Waals surface area contributed by atoms with E-state index in [0.717, 1.165) is 28.7 Å². The van der Waals surface area contributed by atoms with Gasteiger partial charge in [-0.3, -0.25) is 14.1 Å². The second-order valence-electron chi connectivity index (χ2n) is 8.36. The summed E-state index contributed by atoms with van der Waals surface area (Å²) in [4.78, 5) is 17.8. The summed E-state index contributed by atoms with van der Waals surface area (Å²) < 4.78 is 46.7. The van der Waals surface area contributed by atoms with E-state index in [1.54, 1.807) is 29.1 Å². The molecule has 0 unspecified atom stereocenters. The van der Waals surface area contributed by atoms with Gasteiger partial charge in [0.05, 0.1) is 35.5 Å². The molecule has 3 aromatic heterocycles. The highest BCUT2D eigenvalue weighted by atomic mass is 35.5. The molecule has 7 nitrogen and oxygen atoms in total. The molecule has 11 heteroatoms. The van der Waals surface area contributed by atoms with E-state index < -0.39 is 6.36 Å². The first-order valence-corrected chi connectivity index (χ1v) is 11.7. The Morgan fingerprint density at radius 1 is 1.00 bits per heavy atom. The number of halogens is 4. The third-order valence-corrected chi connectivity index (χ3v) is 6.23. The minimum atomic E-state index is -4.81. The number of nitrogens with zero attached hydrogens (tertiary/aromatic N) is 5. The molecule has 0 aliphatic carbocycles. The Hall–Kier alpha value is -4.23. The minimum Gasteiger partial charge on any atom is -0.406 e. The lowest BCUT2D eigenvalue weighted by molar-refractivity contribution is -0.274. The number of benzene rings is 2. The van der Waals surface area contributed by atoms with E-state index in [1.807, 2.05) is 18.2 Å². The standard InChI is InChI=1S/C26H19ClF3N5O2/c27-18-3-8-22-17(13-18)14-20(33(22)12-2-1-10-31)16-34-24-15-32-11-9-23(24)35(25(34)36)19-4-6-21(7-5-19)37-26(28,29)30/h3-9,11,13-15H,1-2,12,16H2. The second kappa shape index (κ2) is 9.67. The molecular weight excluding hydrogens is 507 g/mol. The fourth-order valence-electron chi connectivity index (χ4n) is 4.47. The highest BCUT2D eigenvalue weighted by Crippen LogP contribution is 2.27. The van der Waals surface area contributed by atoms with Crippen molar-refractivity contribution >= 4 is 33.5 Å². The topological polar surface area (TPSA) is 77.8 Å². The third kappa shape index (κ3) is 4.90. The summed E-state index contributed by atoms with van der Waals surface area (Å²) in [6.07, 6.45) is -0.654. The Labute approximate surface area is 213 Å². The van der Waals surface area contributed by atoms with Crippen LogP contribution in [0.4, 0.5) is 13.2 Å². The van der Waals surface area contributed by atoms with Gasteiger partial charge in [0, 0.05) is 40.8 Å². The van der Waals surface area contributed by atoms with E-state index in [-0.39, 0.29) is 18.0 Å². The van der Waals surface area contributed by atoms with Crippen LogP contribution in [0.3, 0.4) is 0 Å². The van der Waals surface area contributed by atoms with E-state index in [1.165, 1.54) is 16.7 Å². The molecule has 37 heavy (non-hydrogen) atoms. The zero-order valence-corrected chi connectivity index (χ0v) is 20.0.